The predicted octanol–water partition coefficient (Wildman–Crippen LogP) is 2.68. The summed E-state index contributed by atoms with van der Waals surface area (Å²) in [5, 5.41) is 10.1. The van der Waals surface area contributed by atoms with Gasteiger partial charge in [-0.05, 0) is 39.0 Å². The van der Waals surface area contributed by atoms with Crippen LogP contribution in [0.25, 0.3) is 0 Å². The van der Waals surface area contributed by atoms with Crippen LogP contribution >= 0.6 is 0 Å². The Kier molecular flexibility index (Phi) is 2.80. The SMILES string of the molecule is CCOc1ccc2c(c1)C(O)CC(C)(C)O2. The molecule has 1 heterocycles. The number of aliphatic hydroxyl groups is 1. The largest absolute Gasteiger partial charge is 0.494 e. The number of hydrogen-bond donors (Lipinski definition) is 1. The summed E-state index contributed by atoms with van der Waals surface area (Å²) in [5.41, 5.74) is 0.518. The van der Waals surface area contributed by atoms with Gasteiger partial charge >= 0.3 is 0 Å². The lowest BCUT2D eigenvalue weighted by molar-refractivity contribution is 0.0113. The summed E-state index contributed by atoms with van der Waals surface area (Å²) in [6, 6.07) is 5.60. The van der Waals surface area contributed by atoms with Gasteiger partial charge in [0.2, 0.25) is 0 Å². The highest BCUT2D eigenvalue weighted by molar-refractivity contribution is 5.43. The van der Waals surface area contributed by atoms with Crippen molar-refractivity contribution in [3.05, 3.63) is 23.8 Å². The van der Waals surface area contributed by atoms with Crippen LogP contribution in [0.5, 0.6) is 11.5 Å². The van der Waals surface area contributed by atoms with Gasteiger partial charge in [0.1, 0.15) is 17.1 Å². The Hall–Kier alpha value is -1.22. The second-order valence-electron chi connectivity index (χ2n) is 4.71. The fraction of sp³-hybridized carbons (Fsp3) is 0.538. The number of ether oxygens (including phenoxy) is 2. The van der Waals surface area contributed by atoms with E-state index in [2.05, 4.69) is 0 Å². The molecule has 1 aliphatic heterocycles. The van der Waals surface area contributed by atoms with E-state index >= 15 is 0 Å². The topological polar surface area (TPSA) is 38.7 Å². The Balaban J connectivity index is 2.33. The van der Waals surface area contributed by atoms with Crippen LogP contribution in [0.1, 0.15) is 38.9 Å². The quantitative estimate of drug-likeness (QED) is 0.836. The normalized spacial score (nSPS) is 22.1. The van der Waals surface area contributed by atoms with Gasteiger partial charge in [-0.3, -0.25) is 0 Å². The highest BCUT2D eigenvalue weighted by atomic mass is 16.5. The molecule has 2 rings (SSSR count). The monoisotopic (exact) mass is 222 g/mol. The fourth-order valence-electron chi connectivity index (χ4n) is 2.05. The molecule has 1 aromatic carbocycles. The second-order valence-corrected chi connectivity index (χ2v) is 4.71. The van der Waals surface area contributed by atoms with Crippen molar-refractivity contribution in [2.75, 3.05) is 6.61 Å². The highest BCUT2D eigenvalue weighted by Gasteiger charge is 2.32. The van der Waals surface area contributed by atoms with Crippen molar-refractivity contribution in [3.63, 3.8) is 0 Å². The Bertz CT molecular complexity index is 385. The average molecular weight is 222 g/mol. The molecular formula is C13H18O3. The van der Waals surface area contributed by atoms with Crippen molar-refractivity contribution in [1.82, 2.24) is 0 Å². The lowest BCUT2D eigenvalue weighted by Crippen LogP contribution is -2.34. The summed E-state index contributed by atoms with van der Waals surface area (Å²) in [6.07, 6.45) is 0.134. The smallest absolute Gasteiger partial charge is 0.126 e. The van der Waals surface area contributed by atoms with Crippen LogP contribution in [-0.4, -0.2) is 17.3 Å². The lowest BCUT2D eigenvalue weighted by Gasteiger charge is -2.35. The van der Waals surface area contributed by atoms with Gasteiger partial charge in [0.05, 0.1) is 12.7 Å². The second kappa shape index (κ2) is 3.98. The maximum absolute atomic E-state index is 10.1. The van der Waals surface area contributed by atoms with E-state index in [0.29, 0.717) is 13.0 Å². The Labute approximate surface area is 96.0 Å². The minimum atomic E-state index is -0.473. The molecule has 0 spiro atoms. The molecule has 0 saturated carbocycles. The number of benzene rings is 1. The Morgan fingerprint density at radius 1 is 1.50 bits per heavy atom. The van der Waals surface area contributed by atoms with Crippen molar-refractivity contribution in [2.24, 2.45) is 0 Å². The van der Waals surface area contributed by atoms with Crippen LogP contribution in [0.2, 0.25) is 0 Å². The fourth-order valence-corrected chi connectivity index (χ4v) is 2.05. The van der Waals surface area contributed by atoms with Crippen LogP contribution < -0.4 is 9.47 Å². The summed E-state index contributed by atoms with van der Waals surface area (Å²) in [4.78, 5) is 0. The van der Waals surface area contributed by atoms with E-state index in [0.717, 1.165) is 17.1 Å². The lowest BCUT2D eigenvalue weighted by atomic mass is 9.92. The molecule has 16 heavy (non-hydrogen) atoms. The Morgan fingerprint density at radius 3 is 2.94 bits per heavy atom. The predicted molar refractivity (Wildman–Crippen MR) is 61.9 cm³/mol. The van der Waals surface area contributed by atoms with Gasteiger partial charge in [-0.2, -0.15) is 0 Å². The zero-order chi connectivity index (χ0) is 11.8. The van der Waals surface area contributed by atoms with Crippen LogP contribution in [0.15, 0.2) is 18.2 Å². The van der Waals surface area contributed by atoms with Crippen LogP contribution in [0, 0.1) is 0 Å². The molecule has 3 nitrogen and oxygen atoms in total. The van der Waals surface area contributed by atoms with Gasteiger partial charge in [-0.25, -0.2) is 0 Å². The van der Waals surface area contributed by atoms with E-state index in [9.17, 15) is 5.11 Å². The number of fused-ring (bicyclic) bond motifs is 1. The van der Waals surface area contributed by atoms with Crippen molar-refractivity contribution in [1.29, 1.82) is 0 Å². The van der Waals surface area contributed by atoms with Gasteiger partial charge in [-0.1, -0.05) is 0 Å². The molecule has 0 aromatic heterocycles. The number of aliphatic hydroxyl groups excluding tert-OH is 1. The van der Waals surface area contributed by atoms with Gasteiger partial charge in [0.25, 0.3) is 0 Å². The Morgan fingerprint density at radius 2 is 2.25 bits per heavy atom. The average Bonchev–Trinajstić information content (AvgIpc) is 2.18. The van der Waals surface area contributed by atoms with Crippen molar-refractivity contribution < 1.29 is 14.6 Å². The summed E-state index contributed by atoms with van der Waals surface area (Å²) >= 11 is 0. The van der Waals surface area contributed by atoms with Gasteiger partial charge in [0, 0.05) is 12.0 Å². The van der Waals surface area contributed by atoms with E-state index < -0.39 is 6.10 Å². The van der Waals surface area contributed by atoms with Crippen LogP contribution in [0.4, 0.5) is 0 Å². The molecule has 0 radical (unpaired) electrons. The minimum absolute atomic E-state index is 0.306. The van der Waals surface area contributed by atoms with Crippen molar-refractivity contribution >= 4 is 0 Å². The standard InChI is InChI=1S/C13H18O3/c1-4-15-9-5-6-12-10(7-9)11(14)8-13(2,3)16-12/h5-7,11,14H,4,8H2,1-3H3. The molecule has 1 aliphatic rings. The molecular weight excluding hydrogens is 204 g/mol. The van der Waals surface area contributed by atoms with Gasteiger partial charge in [-0.15, -0.1) is 0 Å². The third-order valence-electron chi connectivity index (χ3n) is 2.72. The van der Waals surface area contributed by atoms with Crippen molar-refractivity contribution in [2.45, 2.75) is 38.9 Å². The van der Waals surface area contributed by atoms with E-state index in [4.69, 9.17) is 9.47 Å². The molecule has 0 fully saturated rings. The summed E-state index contributed by atoms with van der Waals surface area (Å²) in [7, 11) is 0. The molecule has 1 unspecified atom stereocenters. The molecule has 0 saturated heterocycles. The zero-order valence-corrected chi connectivity index (χ0v) is 9.99. The number of hydrogen-bond acceptors (Lipinski definition) is 3. The summed E-state index contributed by atoms with van der Waals surface area (Å²) < 4.78 is 11.2. The van der Waals surface area contributed by atoms with Crippen molar-refractivity contribution in [3.8, 4) is 11.5 Å². The third-order valence-corrected chi connectivity index (χ3v) is 2.72. The van der Waals surface area contributed by atoms with E-state index in [1.54, 1.807) is 0 Å². The zero-order valence-electron chi connectivity index (χ0n) is 9.99. The molecule has 3 heteroatoms. The minimum Gasteiger partial charge on any atom is -0.494 e. The molecule has 0 bridgehead atoms. The van der Waals surface area contributed by atoms with Crippen LogP contribution in [-0.2, 0) is 0 Å². The first-order valence-corrected chi connectivity index (χ1v) is 5.65. The first kappa shape index (κ1) is 11.3. The van der Waals surface area contributed by atoms with E-state index in [-0.39, 0.29) is 5.60 Å². The number of rotatable bonds is 2. The molecule has 0 amide bonds. The summed E-state index contributed by atoms with van der Waals surface area (Å²) in [5.74, 6) is 1.54. The first-order valence-electron chi connectivity index (χ1n) is 5.65. The van der Waals surface area contributed by atoms with E-state index in [1.165, 1.54) is 0 Å². The highest BCUT2D eigenvalue weighted by Crippen LogP contribution is 2.40. The molecule has 1 atom stereocenters. The van der Waals surface area contributed by atoms with Crippen LogP contribution in [0.3, 0.4) is 0 Å². The van der Waals surface area contributed by atoms with E-state index in [1.807, 2.05) is 39.0 Å². The molecule has 88 valence electrons. The third kappa shape index (κ3) is 2.14. The van der Waals surface area contributed by atoms with Gasteiger partial charge in [0.15, 0.2) is 0 Å². The molecule has 1 N–H and O–H groups in total. The summed E-state index contributed by atoms with van der Waals surface area (Å²) in [6.45, 7) is 6.53. The maximum Gasteiger partial charge on any atom is 0.126 e. The van der Waals surface area contributed by atoms with Gasteiger partial charge < -0.3 is 14.6 Å². The molecule has 0 aliphatic carbocycles. The maximum atomic E-state index is 10.1. The molecule has 1 aromatic rings. The first-order chi connectivity index (χ1) is 7.52.